The fourth-order valence-electron chi connectivity index (χ4n) is 3.21. The summed E-state index contributed by atoms with van der Waals surface area (Å²) in [4.78, 5) is 27.0. The summed E-state index contributed by atoms with van der Waals surface area (Å²) < 4.78 is 0. The Labute approximate surface area is 148 Å². The molecule has 0 aromatic carbocycles. The van der Waals surface area contributed by atoms with E-state index in [-0.39, 0.29) is 34.6 Å². The number of nitrogens with zero attached hydrogens (tertiary/aromatic N) is 1. The summed E-state index contributed by atoms with van der Waals surface area (Å²) in [6.45, 7) is 18.2. The maximum Gasteiger partial charge on any atom is 0.227 e. The average Bonchev–Trinajstić information content (AvgIpc) is 2.43. The molecule has 4 nitrogen and oxygen atoms in total. The second-order valence-corrected chi connectivity index (χ2v) is 9.87. The van der Waals surface area contributed by atoms with Crippen molar-refractivity contribution in [1.82, 2.24) is 10.2 Å². The van der Waals surface area contributed by atoms with E-state index in [1.807, 2.05) is 25.7 Å². The van der Waals surface area contributed by atoms with Gasteiger partial charge in [0.1, 0.15) is 0 Å². The van der Waals surface area contributed by atoms with Crippen LogP contribution in [-0.4, -0.2) is 35.8 Å². The van der Waals surface area contributed by atoms with Crippen LogP contribution < -0.4 is 5.32 Å². The molecular weight excluding hydrogens is 300 g/mol. The number of hydrogen-bond donors (Lipinski definition) is 1. The van der Waals surface area contributed by atoms with Crippen molar-refractivity contribution in [3.63, 3.8) is 0 Å². The smallest absolute Gasteiger partial charge is 0.227 e. The van der Waals surface area contributed by atoms with Gasteiger partial charge in [0, 0.05) is 30.5 Å². The van der Waals surface area contributed by atoms with Crippen LogP contribution in [0.15, 0.2) is 0 Å². The van der Waals surface area contributed by atoms with Crippen LogP contribution in [0.2, 0.25) is 0 Å². The standard InChI is InChI=1S/C20H38N2O2/c1-14(2)13-16(19(3,4)5)21-17(23)15-9-11-22(12-10-15)18(24)20(6,7)8/h14-16H,9-13H2,1-8H3,(H,21,23)/t16-/m0/s1. The first kappa shape index (κ1) is 21.0. The van der Waals surface area contributed by atoms with Gasteiger partial charge in [-0.3, -0.25) is 9.59 Å². The highest BCUT2D eigenvalue weighted by atomic mass is 16.2. The van der Waals surface area contributed by atoms with Gasteiger partial charge in [0.2, 0.25) is 11.8 Å². The second kappa shape index (κ2) is 7.88. The Balaban J connectivity index is 2.60. The molecule has 0 aromatic rings. The molecule has 1 N–H and O–H groups in total. The zero-order valence-corrected chi connectivity index (χ0v) is 17.0. The van der Waals surface area contributed by atoms with E-state index in [1.165, 1.54) is 0 Å². The molecule has 0 aromatic heterocycles. The van der Waals surface area contributed by atoms with Gasteiger partial charge < -0.3 is 10.2 Å². The van der Waals surface area contributed by atoms with Crippen molar-refractivity contribution >= 4 is 11.8 Å². The lowest BCUT2D eigenvalue weighted by atomic mass is 9.81. The highest BCUT2D eigenvalue weighted by Gasteiger charge is 2.34. The second-order valence-electron chi connectivity index (χ2n) is 9.87. The van der Waals surface area contributed by atoms with Gasteiger partial charge in [-0.15, -0.1) is 0 Å². The van der Waals surface area contributed by atoms with Crippen LogP contribution in [0.1, 0.15) is 74.7 Å². The molecule has 1 saturated heterocycles. The van der Waals surface area contributed by atoms with Crippen LogP contribution in [-0.2, 0) is 9.59 Å². The summed E-state index contributed by atoms with van der Waals surface area (Å²) in [5, 5.41) is 3.29. The van der Waals surface area contributed by atoms with Crippen molar-refractivity contribution in [1.29, 1.82) is 0 Å². The van der Waals surface area contributed by atoms with Crippen molar-refractivity contribution in [3.05, 3.63) is 0 Å². The molecule has 1 rings (SSSR count). The number of piperidine rings is 1. The number of nitrogens with one attached hydrogen (secondary N) is 1. The average molecular weight is 339 g/mol. The van der Waals surface area contributed by atoms with Crippen LogP contribution in [0, 0.1) is 22.7 Å². The fraction of sp³-hybridized carbons (Fsp3) is 0.900. The van der Waals surface area contributed by atoms with Crippen LogP contribution in [0.25, 0.3) is 0 Å². The molecule has 1 fully saturated rings. The van der Waals surface area contributed by atoms with E-state index in [0.717, 1.165) is 19.3 Å². The number of rotatable bonds is 4. The van der Waals surface area contributed by atoms with Gasteiger partial charge in [-0.1, -0.05) is 55.4 Å². The number of carbonyl (C=O) groups is 2. The minimum absolute atomic E-state index is 0.0334. The molecule has 0 saturated carbocycles. The molecule has 4 heteroatoms. The third kappa shape index (κ3) is 6.10. The number of carbonyl (C=O) groups excluding carboxylic acids is 2. The molecule has 1 aliphatic rings. The summed E-state index contributed by atoms with van der Waals surface area (Å²) in [6, 6.07) is 0.194. The predicted molar refractivity (Wildman–Crippen MR) is 99.6 cm³/mol. The minimum atomic E-state index is -0.344. The molecular formula is C20H38N2O2. The topological polar surface area (TPSA) is 49.4 Å². The Morgan fingerprint density at radius 2 is 1.54 bits per heavy atom. The van der Waals surface area contributed by atoms with E-state index < -0.39 is 0 Å². The monoisotopic (exact) mass is 338 g/mol. The van der Waals surface area contributed by atoms with Gasteiger partial charge in [-0.05, 0) is 30.6 Å². The SMILES string of the molecule is CC(C)C[C@H](NC(=O)C1CCN(C(=O)C(C)(C)C)CC1)C(C)(C)C. The molecule has 24 heavy (non-hydrogen) atoms. The molecule has 0 bridgehead atoms. The van der Waals surface area contributed by atoms with Gasteiger partial charge >= 0.3 is 0 Å². The van der Waals surface area contributed by atoms with Crippen LogP contribution in [0.5, 0.6) is 0 Å². The summed E-state index contributed by atoms with van der Waals surface area (Å²) in [5.41, 5.74) is -0.285. The maximum atomic E-state index is 12.7. The molecule has 0 aliphatic carbocycles. The lowest BCUT2D eigenvalue weighted by molar-refractivity contribution is -0.142. The molecule has 0 spiro atoms. The van der Waals surface area contributed by atoms with E-state index in [4.69, 9.17) is 0 Å². The Kier molecular flexibility index (Phi) is 6.89. The Morgan fingerprint density at radius 1 is 1.04 bits per heavy atom. The maximum absolute atomic E-state index is 12.7. The fourth-order valence-corrected chi connectivity index (χ4v) is 3.21. The van der Waals surface area contributed by atoms with E-state index in [2.05, 4.69) is 39.9 Å². The van der Waals surface area contributed by atoms with Crippen molar-refractivity contribution in [2.45, 2.75) is 80.7 Å². The van der Waals surface area contributed by atoms with Crippen LogP contribution >= 0.6 is 0 Å². The Hall–Kier alpha value is -1.06. The van der Waals surface area contributed by atoms with E-state index in [9.17, 15) is 9.59 Å². The summed E-state index contributed by atoms with van der Waals surface area (Å²) >= 11 is 0. The first-order valence-electron chi connectivity index (χ1n) is 9.42. The zero-order valence-electron chi connectivity index (χ0n) is 17.0. The highest BCUT2D eigenvalue weighted by Crippen LogP contribution is 2.27. The van der Waals surface area contributed by atoms with Crippen molar-refractivity contribution in [2.24, 2.45) is 22.7 Å². The number of amides is 2. The third-order valence-corrected chi connectivity index (χ3v) is 4.86. The zero-order chi connectivity index (χ0) is 18.7. The molecule has 140 valence electrons. The van der Waals surface area contributed by atoms with Gasteiger partial charge in [0.15, 0.2) is 0 Å². The molecule has 1 heterocycles. The third-order valence-electron chi connectivity index (χ3n) is 4.86. The van der Waals surface area contributed by atoms with Gasteiger partial charge in [-0.2, -0.15) is 0 Å². The van der Waals surface area contributed by atoms with Crippen LogP contribution in [0.4, 0.5) is 0 Å². The van der Waals surface area contributed by atoms with Gasteiger partial charge in [0.25, 0.3) is 0 Å². The van der Waals surface area contributed by atoms with Crippen molar-refractivity contribution < 1.29 is 9.59 Å². The summed E-state index contributed by atoms with van der Waals surface area (Å²) in [6.07, 6.45) is 2.54. The van der Waals surface area contributed by atoms with Crippen LogP contribution in [0.3, 0.4) is 0 Å². The van der Waals surface area contributed by atoms with E-state index >= 15 is 0 Å². The van der Waals surface area contributed by atoms with E-state index in [0.29, 0.717) is 19.0 Å². The molecule has 0 radical (unpaired) electrons. The first-order valence-corrected chi connectivity index (χ1v) is 9.42. The quantitative estimate of drug-likeness (QED) is 0.846. The highest BCUT2D eigenvalue weighted by molar-refractivity contribution is 5.82. The summed E-state index contributed by atoms with van der Waals surface area (Å²) in [7, 11) is 0. The lowest BCUT2D eigenvalue weighted by Gasteiger charge is -2.37. The largest absolute Gasteiger partial charge is 0.353 e. The summed E-state index contributed by atoms with van der Waals surface area (Å²) in [5.74, 6) is 0.943. The minimum Gasteiger partial charge on any atom is -0.353 e. The predicted octanol–water partition coefficient (Wildman–Crippen LogP) is 3.85. The normalized spacial score (nSPS) is 18.6. The number of hydrogen-bond acceptors (Lipinski definition) is 2. The van der Waals surface area contributed by atoms with Crippen molar-refractivity contribution in [2.75, 3.05) is 13.1 Å². The number of likely N-dealkylation sites (tertiary alicyclic amines) is 1. The van der Waals surface area contributed by atoms with Crippen molar-refractivity contribution in [3.8, 4) is 0 Å². The molecule has 2 amide bonds. The first-order chi connectivity index (χ1) is 10.8. The molecule has 1 atom stereocenters. The molecule has 0 unspecified atom stereocenters. The van der Waals surface area contributed by atoms with Gasteiger partial charge in [-0.25, -0.2) is 0 Å². The lowest BCUT2D eigenvalue weighted by Crippen LogP contribution is -2.50. The van der Waals surface area contributed by atoms with E-state index in [1.54, 1.807) is 0 Å². The molecule has 1 aliphatic heterocycles. The van der Waals surface area contributed by atoms with Gasteiger partial charge in [0.05, 0.1) is 0 Å². The Bertz CT molecular complexity index is 436. The Morgan fingerprint density at radius 3 is 1.92 bits per heavy atom.